The van der Waals surface area contributed by atoms with E-state index in [0.717, 1.165) is 22.5 Å². The number of furan rings is 1. The molecule has 0 spiro atoms. The predicted octanol–water partition coefficient (Wildman–Crippen LogP) is 4.34. The van der Waals surface area contributed by atoms with Gasteiger partial charge in [0.05, 0.1) is 18.2 Å². The van der Waals surface area contributed by atoms with E-state index < -0.39 is 0 Å². The van der Waals surface area contributed by atoms with Crippen molar-refractivity contribution in [2.75, 3.05) is 7.11 Å². The van der Waals surface area contributed by atoms with Crippen molar-refractivity contribution in [3.05, 3.63) is 64.9 Å². The van der Waals surface area contributed by atoms with Crippen LogP contribution in [0.15, 0.2) is 52.9 Å². The van der Waals surface area contributed by atoms with Gasteiger partial charge < -0.3 is 14.9 Å². The van der Waals surface area contributed by atoms with Gasteiger partial charge in [0, 0.05) is 5.39 Å². The zero-order chi connectivity index (χ0) is 14.8. The van der Waals surface area contributed by atoms with E-state index >= 15 is 0 Å². The van der Waals surface area contributed by atoms with Crippen LogP contribution < -0.4 is 10.5 Å². The summed E-state index contributed by atoms with van der Waals surface area (Å²) in [6, 6.07) is 15.3. The molecule has 2 N–H and O–H groups in total. The summed E-state index contributed by atoms with van der Waals surface area (Å²) in [5, 5.41) is 1.57. The second-order valence-corrected chi connectivity index (χ2v) is 5.38. The van der Waals surface area contributed by atoms with Crippen molar-refractivity contribution < 1.29 is 9.15 Å². The van der Waals surface area contributed by atoms with Crippen molar-refractivity contribution >= 4 is 22.6 Å². The average molecular weight is 302 g/mol. The minimum absolute atomic E-state index is 0.222. The fraction of sp³-hybridized carbons (Fsp3) is 0.176. The predicted molar refractivity (Wildman–Crippen MR) is 84.9 cm³/mol. The van der Waals surface area contributed by atoms with Gasteiger partial charge in [-0.25, -0.2) is 0 Å². The van der Waals surface area contributed by atoms with E-state index in [1.54, 1.807) is 7.11 Å². The maximum Gasteiger partial charge on any atom is 0.152 e. The molecule has 108 valence electrons. The van der Waals surface area contributed by atoms with Crippen molar-refractivity contribution in [2.45, 2.75) is 12.5 Å². The summed E-state index contributed by atoms with van der Waals surface area (Å²) in [4.78, 5) is 0. The van der Waals surface area contributed by atoms with E-state index in [0.29, 0.717) is 17.0 Å². The third-order valence-electron chi connectivity index (χ3n) is 3.47. The first kappa shape index (κ1) is 14.0. The van der Waals surface area contributed by atoms with E-state index in [9.17, 15) is 0 Å². The minimum Gasteiger partial charge on any atom is -0.497 e. The van der Waals surface area contributed by atoms with Crippen molar-refractivity contribution in [1.29, 1.82) is 0 Å². The van der Waals surface area contributed by atoms with E-state index in [1.807, 2.05) is 48.5 Å². The second-order valence-electron chi connectivity index (χ2n) is 4.97. The number of fused-ring (bicyclic) bond motifs is 1. The smallest absolute Gasteiger partial charge is 0.152 e. The third kappa shape index (κ3) is 2.89. The van der Waals surface area contributed by atoms with Gasteiger partial charge in [0.25, 0.3) is 0 Å². The van der Waals surface area contributed by atoms with E-state index in [4.69, 9.17) is 26.5 Å². The van der Waals surface area contributed by atoms with Crippen LogP contribution in [0.25, 0.3) is 11.0 Å². The van der Waals surface area contributed by atoms with Crippen LogP contribution in [0.1, 0.15) is 17.4 Å². The monoisotopic (exact) mass is 301 g/mol. The highest BCUT2D eigenvalue weighted by molar-refractivity contribution is 6.34. The van der Waals surface area contributed by atoms with Crippen molar-refractivity contribution in [3.63, 3.8) is 0 Å². The van der Waals surface area contributed by atoms with Crippen molar-refractivity contribution in [3.8, 4) is 5.75 Å². The first-order chi connectivity index (χ1) is 10.2. The molecule has 3 rings (SSSR count). The molecular weight excluding hydrogens is 286 g/mol. The van der Waals surface area contributed by atoms with Crippen LogP contribution in [0.3, 0.4) is 0 Å². The third-order valence-corrected chi connectivity index (χ3v) is 3.77. The first-order valence-electron chi connectivity index (χ1n) is 6.74. The number of ether oxygens (including phenoxy) is 1. The number of rotatable bonds is 4. The summed E-state index contributed by atoms with van der Waals surface area (Å²) in [6.45, 7) is 0. The Labute approximate surface area is 128 Å². The highest BCUT2D eigenvalue weighted by atomic mass is 35.5. The molecule has 1 heterocycles. The highest BCUT2D eigenvalue weighted by Crippen LogP contribution is 2.30. The maximum atomic E-state index is 6.25. The Kier molecular flexibility index (Phi) is 3.86. The number of benzene rings is 2. The lowest BCUT2D eigenvalue weighted by atomic mass is 10.0. The van der Waals surface area contributed by atoms with E-state index in [-0.39, 0.29) is 6.04 Å². The van der Waals surface area contributed by atoms with Gasteiger partial charge in [0.1, 0.15) is 11.5 Å². The van der Waals surface area contributed by atoms with Crippen LogP contribution in [0.2, 0.25) is 5.02 Å². The molecule has 1 aromatic heterocycles. The Morgan fingerprint density at radius 2 is 2.00 bits per heavy atom. The molecule has 1 atom stereocenters. The molecule has 0 amide bonds. The molecule has 0 radical (unpaired) electrons. The molecule has 0 bridgehead atoms. The average Bonchev–Trinajstić information content (AvgIpc) is 2.93. The number of para-hydroxylation sites is 1. The number of hydrogen-bond acceptors (Lipinski definition) is 3. The summed E-state index contributed by atoms with van der Waals surface area (Å²) < 4.78 is 11.0. The molecule has 0 saturated carbocycles. The minimum atomic E-state index is -0.222. The topological polar surface area (TPSA) is 48.4 Å². The Morgan fingerprint density at radius 1 is 1.19 bits per heavy atom. The fourth-order valence-corrected chi connectivity index (χ4v) is 2.60. The van der Waals surface area contributed by atoms with Gasteiger partial charge in [-0.05, 0) is 36.2 Å². The Morgan fingerprint density at radius 3 is 2.76 bits per heavy atom. The number of hydrogen-bond donors (Lipinski definition) is 1. The normalized spacial score (nSPS) is 12.5. The molecule has 0 saturated heterocycles. The number of halogens is 1. The quantitative estimate of drug-likeness (QED) is 0.780. The van der Waals surface area contributed by atoms with Crippen molar-refractivity contribution in [1.82, 2.24) is 0 Å². The molecule has 21 heavy (non-hydrogen) atoms. The zero-order valence-corrected chi connectivity index (χ0v) is 12.4. The SMILES string of the molecule is COc1cccc(CC(N)c2cc3cccc(Cl)c3o2)c1. The zero-order valence-electron chi connectivity index (χ0n) is 11.7. The molecule has 0 aliphatic carbocycles. The van der Waals surface area contributed by atoms with Crippen LogP contribution >= 0.6 is 11.6 Å². The summed E-state index contributed by atoms with van der Waals surface area (Å²) in [7, 11) is 1.65. The Hall–Kier alpha value is -1.97. The fourth-order valence-electron chi connectivity index (χ4n) is 2.38. The lowest BCUT2D eigenvalue weighted by molar-refractivity contribution is 0.414. The van der Waals surface area contributed by atoms with Gasteiger partial charge in [-0.2, -0.15) is 0 Å². The van der Waals surface area contributed by atoms with Crippen LogP contribution in [0.4, 0.5) is 0 Å². The van der Waals surface area contributed by atoms with Gasteiger partial charge in [0.15, 0.2) is 5.58 Å². The van der Waals surface area contributed by atoms with E-state index in [1.165, 1.54) is 0 Å². The van der Waals surface area contributed by atoms with Crippen molar-refractivity contribution in [2.24, 2.45) is 5.73 Å². The molecule has 3 nitrogen and oxygen atoms in total. The Bertz CT molecular complexity index is 766. The lowest BCUT2D eigenvalue weighted by Crippen LogP contribution is -2.12. The summed E-state index contributed by atoms with van der Waals surface area (Å²) in [5.74, 6) is 1.56. The summed E-state index contributed by atoms with van der Waals surface area (Å²) >= 11 is 6.12. The molecule has 3 aromatic rings. The molecule has 0 fully saturated rings. The number of methoxy groups -OCH3 is 1. The van der Waals surface area contributed by atoms with Gasteiger partial charge in [0.2, 0.25) is 0 Å². The molecule has 4 heteroatoms. The molecule has 0 aliphatic heterocycles. The molecular formula is C17H16ClNO2. The standard InChI is InChI=1S/C17H16ClNO2/c1-20-13-6-2-4-11(8-13)9-15(19)16-10-12-5-3-7-14(18)17(12)21-16/h2-8,10,15H,9,19H2,1H3. The van der Waals surface area contributed by atoms with Gasteiger partial charge >= 0.3 is 0 Å². The number of nitrogens with two attached hydrogens (primary N) is 1. The summed E-state index contributed by atoms with van der Waals surface area (Å²) in [5.41, 5.74) is 8.05. The van der Waals surface area contributed by atoms with Gasteiger partial charge in [-0.3, -0.25) is 0 Å². The highest BCUT2D eigenvalue weighted by Gasteiger charge is 2.14. The second kappa shape index (κ2) is 5.80. The largest absolute Gasteiger partial charge is 0.497 e. The van der Waals surface area contributed by atoms with Gasteiger partial charge in [-0.1, -0.05) is 35.9 Å². The molecule has 0 aliphatic rings. The van der Waals surface area contributed by atoms with Crippen LogP contribution in [-0.2, 0) is 6.42 Å². The Balaban J connectivity index is 1.86. The molecule has 2 aromatic carbocycles. The van der Waals surface area contributed by atoms with Crippen LogP contribution in [0, 0.1) is 0 Å². The van der Waals surface area contributed by atoms with Crippen LogP contribution in [0.5, 0.6) is 5.75 Å². The van der Waals surface area contributed by atoms with Gasteiger partial charge in [-0.15, -0.1) is 0 Å². The van der Waals surface area contributed by atoms with E-state index in [2.05, 4.69) is 0 Å². The van der Waals surface area contributed by atoms with Crippen LogP contribution in [-0.4, -0.2) is 7.11 Å². The summed E-state index contributed by atoms with van der Waals surface area (Å²) in [6.07, 6.45) is 0.675. The first-order valence-corrected chi connectivity index (χ1v) is 7.11. The lowest BCUT2D eigenvalue weighted by Gasteiger charge is -2.09. The maximum absolute atomic E-state index is 6.25. The molecule has 1 unspecified atom stereocenters.